The van der Waals surface area contributed by atoms with Gasteiger partial charge in [-0.2, -0.15) is 0 Å². The highest BCUT2D eigenvalue weighted by molar-refractivity contribution is 6.01. The highest BCUT2D eigenvalue weighted by atomic mass is 16.5. The number of hydrogen-bond donors (Lipinski definition) is 1. The maximum atomic E-state index is 13.9. The molecule has 9 heteroatoms. The van der Waals surface area contributed by atoms with Crippen LogP contribution >= 0.6 is 0 Å². The van der Waals surface area contributed by atoms with Gasteiger partial charge in [0.25, 0.3) is 5.91 Å². The van der Waals surface area contributed by atoms with Gasteiger partial charge in [-0.05, 0) is 49.9 Å². The normalized spacial score (nSPS) is 30.0. The number of methoxy groups -OCH3 is 1. The molecule has 5 fully saturated rings. The molecule has 1 N–H and O–H groups in total. The van der Waals surface area contributed by atoms with Gasteiger partial charge in [-0.3, -0.25) is 19.3 Å². The number of Topliss-reactive ketones (excluding diaryl/α,β-unsaturated/α-hetero) is 1. The lowest BCUT2D eigenvalue weighted by molar-refractivity contribution is -0.142. The maximum Gasteiger partial charge on any atom is 0.252 e. The minimum absolute atomic E-state index is 0.000309. The standard InChI is InChI=1S/C27H36N4O5/c1-35-22-16-31(23-21(32)17-36-24(22)23)26(34)27(10-2-3-11-27)28-25(33)18-4-6-19(7-5-18)29-12-14-30(15-13-29)20-8-9-20/h4-7,20,22-24H,2-3,8-17H2,1H3,(H,28,33)/t22-,23-,24-/m1/s1. The number of piperazine rings is 1. The van der Waals surface area contributed by atoms with Crippen molar-refractivity contribution in [1.29, 1.82) is 0 Å². The Bertz CT molecular complexity index is 1010. The van der Waals surface area contributed by atoms with Gasteiger partial charge >= 0.3 is 0 Å². The number of fused-ring (bicyclic) bond motifs is 1. The summed E-state index contributed by atoms with van der Waals surface area (Å²) in [4.78, 5) is 46.3. The van der Waals surface area contributed by atoms with Crippen LogP contribution in [0.15, 0.2) is 24.3 Å². The molecule has 3 atom stereocenters. The molecule has 9 nitrogen and oxygen atoms in total. The number of carbonyl (C=O) groups excluding carboxylic acids is 3. The number of nitrogens with one attached hydrogen (secondary N) is 1. The van der Waals surface area contributed by atoms with Crippen molar-refractivity contribution in [2.75, 3.05) is 51.3 Å². The Morgan fingerprint density at radius 3 is 2.39 bits per heavy atom. The van der Waals surface area contributed by atoms with E-state index < -0.39 is 17.7 Å². The number of likely N-dealkylation sites (tertiary alicyclic amines) is 1. The van der Waals surface area contributed by atoms with E-state index in [1.807, 2.05) is 24.3 Å². The molecule has 3 saturated heterocycles. The van der Waals surface area contributed by atoms with Crippen molar-refractivity contribution in [3.8, 4) is 0 Å². The van der Waals surface area contributed by atoms with Crippen LogP contribution in [0, 0.1) is 0 Å². The van der Waals surface area contributed by atoms with Crippen LogP contribution in [0.5, 0.6) is 0 Å². The molecule has 0 spiro atoms. The largest absolute Gasteiger partial charge is 0.377 e. The molecule has 0 aromatic heterocycles. The number of rotatable bonds is 6. The molecule has 0 unspecified atom stereocenters. The molecule has 0 bridgehead atoms. The van der Waals surface area contributed by atoms with E-state index in [2.05, 4.69) is 15.1 Å². The van der Waals surface area contributed by atoms with E-state index in [4.69, 9.17) is 9.47 Å². The van der Waals surface area contributed by atoms with Gasteiger partial charge in [0.1, 0.15) is 30.4 Å². The van der Waals surface area contributed by atoms with Crippen molar-refractivity contribution < 1.29 is 23.9 Å². The molecule has 0 radical (unpaired) electrons. The van der Waals surface area contributed by atoms with E-state index in [1.165, 1.54) is 12.8 Å². The molecule has 5 aliphatic rings. The number of anilines is 1. The van der Waals surface area contributed by atoms with Crippen LogP contribution in [0.3, 0.4) is 0 Å². The van der Waals surface area contributed by atoms with Crippen molar-refractivity contribution in [2.24, 2.45) is 0 Å². The van der Waals surface area contributed by atoms with E-state index in [1.54, 1.807) is 12.0 Å². The fraction of sp³-hybridized carbons (Fsp3) is 0.667. The van der Waals surface area contributed by atoms with Gasteiger partial charge in [-0.1, -0.05) is 12.8 Å². The monoisotopic (exact) mass is 496 g/mol. The third kappa shape index (κ3) is 4.21. The van der Waals surface area contributed by atoms with Crippen LogP contribution < -0.4 is 10.2 Å². The first-order chi connectivity index (χ1) is 17.5. The lowest BCUT2D eigenvalue weighted by atomic mass is 9.93. The number of nitrogens with zero attached hydrogens (tertiary/aromatic N) is 3. The van der Waals surface area contributed by atoms with E-state index in [0.717, 1.165) is 50.7 Å². The minimum atomic E-state index is -0.995. The van der Waals surface area contributed by atoms with E-state index in [9.17, 15) is 14.4 Å². The van der Waals surface area contributed by atoms with Crippen LogP contribution in [-0.2, 0) is 19.1 Å². The van der Waals surface area contributed by atoms with Crippen LogP contribution in [-0.4, -0.2) is 104 Å². The van der Waals surface area contributed by atoms with Crippen molar-refractivity contribution >= 4 is 23.3 Å². The van der Waals surface area contributed by atoms with Gasteiger partial charge in [0, 0.05) is 50.6 Å². The van der Waals surface area contributed by atoms with Gasteiger partial charge in [-0.25, -0.2) is 0 Å². The highest BCUT2D eigenvalue weighted by Crippen LogP contribution is 2.37. The Labute approximate surface area is 212 Å². The first-order valence-electron chi connectivity index (χ1n) is 13.4. The van der Waals surface area contributed by atoms with E-state index >= 15 is 0 Å². The van der Waals surface area contributed by atoms with Crippen LogP contribution in [0.2, 0.25) is 0 Å². The van der Waals surface area contributed by atoms with Crippen molar-refractivity contribution in [3.63, 3.8) is 0 Å². The molecule has 1 aromatic carbocycles. The van der Waals surface area contributed by atoms with Gasteiger partial charge in [0.15, 0.2) is 5.78 Å². The fourth-order valence-corrected chi connectivity index (χ4v) is 6.57. The molecule has 2 saturated carbocycles. The summed E-state index contributed by atoms with van der Waals surface area (Å²) in [5.41, 5.74) is 0.677. The first kappa shape index (κ1) is 23.9. The molecule has 6 rings (SSSR count). The summed E-state index contributed by atoms with van der Waals surface area (Å²) in [6, 6.07) is 7.89. The summed E-state index contributed by atoms with van der Waals surface area (Å²) in [6.07, 6.45) is 4.77. The molecule has 2 aliphatic carbocycles. The zero-order valence-corrected chi connectivity index (χ0v) is 21.0. The van der Waals surface area contributed by atoms with Gasteiger partial charge in [0.05, 0.1) is 6.54 Å². The molecular formula is C27H36N4O5. The molecule has 3 aliphatic heterocycles. The van der Waals surface area contributed by atoms with Crippen LogP contribution in [0.4, 0.5) is 5.69 Å². The number of carbonyl (C=O) groups is 3. The predicted molar refractivity (Wildman–Crippen MR) is 133 cm³/mol. The Hall–Kier alpha value is -2.49. The Morgan fingerprint density at radius 2 is 1.75 bits per heavy atom. The van der Waals surface area contributed by atoms with Gasteiger partial charge in [0.2, 0.25) is 5.91 Å². The zero-order chi connectivity index (χ0) is 24.9. The summed E-state index contributed by atoms with van der Waals surface area (Å²) in [5, 5.41) is 3.09. The van der Waals surface area contributed by atoms with Crippen molar-refractivity contribution in [1.82, 2.24) is 15.1 Å². The summed E-state index contributed by atoms with van der Waals surface area (Å²) in [6.45, 7) is 4.49. The molecular weight excluding hydrogens is 460 g/mol. The third-order valence-electron chi connectivity index (χ3n) is 8.79. The summed E-state index contributed by atoms with van der Waals surface area (Å²) >= 11 is 0. The second-order valence-corrected chi connectivity index (χ2v) is 11.0. The van der Waals surface area contributed by atoms with E-state index in [0.29, 0.717) is 24.9 Å². The zero-order valence-electron chi connectivity index (χ0n) is 21.0. The Kier molecular flexibility index (Phi) is 6.25. The third-order valence-corrected chi connectivity index (χ3v) is 8.79. The quantitative estimate of drug-likeness (QED) is 0.633. The SMILES string of the molecule is CO[C@@H]1CN(C(=O)C2(NC(=O)c3ccc(N4CCN(C5CC5)CC4)cc3)CCCC2)[C@@H]2C(=O)CO[C@@H]21. The smallest absolute Gasteiger partial charge is 0.252 e. The molecule has 3 heterocycles. The topological polar surface area (TPSA) is 91.4 Å². The predicted octanol–water partition coefficient (Wildman–Crippen LogP) is 1.21. The van der Waals surface area contributed by atoms with Crippen LogP contribution in [0.25, 0.3) is 0 Å². The maximum absolute atomic E-state index is 13.9. The highest BCUT2D eigenvalue weighted by Gasteiger charge is 2.56. The van der Waals surface area contributed by atoms with Crippen molar-refractivity contribution in [3.05, 3.63) is 29.8 Å². The molecule has 36 heavy (non-hydrogen) atoms. The number of amides is 2. The first-order valence-corrected chi connectivity index (χ1v) is 13.4. The number of benzene rings is 1. The molecule has 1 aromatic rings. The van der Waals surface area contributed by atoms with Gasteiger partial charge < -0.3 is 24.6 Å². The average molecular weight is 497 g/mol. The lowest BCUT2D eigenvalue weighted by Gasteiger charge is -2.36. The second kappa shape index (κ2) is 9.43. The van der Waals surface area contributed by atoms with Gasteiger partial charge in [-0.15, -0.1) is 0 Å². The summed E-state index contributed by atoms with van der Waals surface area (Å²) in [5.74, 6) is -0.531. The van der Waals surface area contributed by atoms with Crippen LogP contribution in [0.1, 0.15) is 48.9 Å². The number of ketones is 1. The fourth-order valence-electron chi connectivity index (χ4n) is 6.57. The van der Waals surface area contributed by atoms with E-state index in [-0.39, 0.29) is 30.3 Å². The Balaban J connectivity index is 1.14. The molecule has 194 valence electrons. The lowest BCUT2D eigenvalue weighted by Crippen LogP contribution is -2.60. The number of hydrogen-bond acceptors (Lipinski definition) is 7. The second-order valence-electron chi connectivity index (χ2n) is 11.0. The summed E-state index contributed by atoms with van der Waals surface area (Å²) in [7, 11) is 1.58. The summed E-state index contributed by atoms with van der Waals surface area (Å²) < 4.78 is 11.2. The Morgan fingerprint density at radius 1 is 1.06 bits per heavy atom. The average Bonchev–Trinajstić information content (AvgIpc) is 3.35. The minimum Gasteiger partial charge on any atom is -0.377 e. The molecule has 2 amide bonds. The van der Waals surface area contributed by atoms with Crippen molar-refractivity contribution in [2.45, 2.75) is 68.4 Å². The number of ether oxygens (including phenoxy) is 2.